The van der Waals surface area contributed by atoms with Gasteiger partial charge in [0.15, 0.2) is 11.6 Å². The highest BCUT2D eigenvalue weighted by atomic mass is 32.2. The Hall–Kier alpha value is -3.55. The molecule has 1 fully saturated rings. The Labute approximate surface area is 191 Å². The van der Waals surface area contributed by atoms with E-state index in [-0.39, 0.29) is 48.3 Å². The van der Waals surface area contributed by atoms with E-state index in [1.165, 1.54) is 34.2 Å². The molecule has 4 rings (SSSR count). The second kappa shape index (κ2) is 9.37. The first-order chi connectivity index (χ1) is 16.1. The van der Waals surface area contributed by atoms with E-state index in [1.807, 2.05) is 0 Å². The number of urea groups is 1. The molecule has 1 aliphatic heterocycles. The van der Waals surface area contributed by atoms with Crippen molar-refractivity contribution in [1.82, 2.24) is 20.1 Å². The van der Waals surface area contributed by atoms with E-state index in [4.69, 9.17) is 9.20 Å². The number of hydrogen-bond donors (Lipinski definition) is 1. The van der Waals surface area contributed by atoms with Crippen LogP contribution in [-0.4, -0.2) is 54.9 Å². The lowest BCUT2D eigenvalue weighted by Crippen LogP contribution is -2.49. The van der Waals surface area contributed by atoms with Crippen molar-refractivity contribution < 1.29 is 31.0 Å². The first kappa shape index (κ1) is 23.6. The maximum atomic E-state index is 13.9. The predicted octanol–water partition coefficient (Wildman–Crippen LogP) is 3.84. The third kappa shape index (κ3) is 5.16. The van der Waals surface area contributed by atoms with Gasteiger partial charge >= 0.3 is 12.5 Å². The van der Waals surface area contributed by atoms with Gasteiger partial charge in [0.05, 0.1) is 17.8 Å². The summed E-state index contributed by atoms with van der Waals surface area (Å²) in [6.45, 7) is 0.0255. The van der Waals surface area contributed by atoms with Gasteiger partial charge in [-0.05, 0) is 24.3 Å². The minimum atomic E-state index is -2.91. The monoisotopic (exact) mass is 498 g/mol. The summed E-state index contributed by atoms with van der Waals surface area (Å²) in [6.07, 6.45) is -1.62. The molecule has 0 unspecified atom stereocenters. The molecule has 0 atom stereocenters. The van der Waals surface area contributed by atoms with Crippen molar-refractivity contribution in [3.05, 3.63) is 59.7 Å². The van der Waals surface area contributed by atoms with E-state index < -0.39 is 39.7 Å². The van der Waals surface area contributed by atoms with Gasteiger partial charge in [-0.2, -0.15) is 8.78 Å². The Morgan fingerprint density at radius 2 is 1.88 bits per heavy atom. The number of pyridine rings is 1. The van der Waals surface area contributed by atoms with Gasteiger partial charge in [0.1, 0.15) is 0 Å². The molecule has 180 valence electrons. The summed E-state index contributed by atoms with van der Waals surface area (Å²) >= 11 is 0. The summed E-state index contributed by atoms with van der Waals surface area (Å²) in [5, 5.41) is 6.79. The van der Waals surface area contributed by atoms with E-state index in [9.17, 15) is 26.6 Å². The molecule has 1 aliphatic rings. The molecular formula is C20H18F4N6O3S. The number of benzene rings is 1. The van der Waals surface area contributed by atoms with Gasteiger partial charge < -0.3 is 9.32 Å². The fourth-order valence-corrected chi connectivity index (χ4v) is 4.49. The lowest BCUT2D eigenvalue weighted by molar-refractivity contribution is 0.116. The van der Waals surface area contributed by atoms with Gasteiger partial charge in [-0.1, -0.05) is 0 Å². The van der Waals surface area contributed by atoms with Crippen molar-refractivity contribution in [1.29, 1.82) is 4.78 Å². The average molecular weight is 498 g/mol. The molecule has 34 heavy (non-hydrogen) atoms. The number of alkyl halides is 2. The highest BCUT2D eigenvalue weighted by Gasteiger charge is 2.28. The maximum absolute atomic E-state index is 13.9. The third-order valence-corrected chi connectivity index (χ3v) is 6.80. The molecule has 9 nitrogen and oxygen atoms in total. The van der Waals surface area contributed by atoms with Crippen molar-refractivity contribution in [2.24, 2.45) is 0 Å². The standard InChI is InChI=1S/C20H18F4N6O3S/c21-15-4-3-14(9-16(15)22)30(20(31)29-5-7-34(25,32)8-6-29)11-13-2-1-12(10-26-13)18-27-28-19(33-18)17(23)24/h1-4,9-10,17,25H,5-8,11H2. The second-order valence-electron chi connectivity index (χ2n) is 7.46. The second-order valence-corrected chi connectivity index (χ2v) is 9.90. The normalized spacial score (nSPS) is 15.5. The molecule has 3 aromatic rings. The lowest BCUT2D eigenvalue weighted by atomic mass is 10.2. The first-order valence-corrected chi connectivity index (χ1v) is 11.8. The summed E-state index contributed by atoms with van der Waals surface area (Å²) in [7, 11) is -2.75. The zero-order chi connectivity index (χ0) is 24.5. The molecule has 0 aliphatic carbocycles. The van der Waals surface area contributed by atoms with E-state index in [1.54, 1.807) is 0 Å². The Morgan fingerprint density at radius 1 is 1.15 bits per heavy atom. The number of rotatable bonds is 5. The summed E-state index contributed by atoms with van der Waals surface area (Å²) in [4.78, 5) is 20.0. The largest absolute Gasteiger partial charge is 0.415 e. The highest BCUT2D eigenvalue weighted by molar-refractivity contribution is 7.92. The Balaban J connectivity index is 1.58. The number of nitrogens with one attached hydrogen (secondary N) is 1. The van der Waals surface area contributed by atoms with Crippen molar-refractivity contribution in [3.63, 3.8) is 0 Å². The molecule has 1 saturated heterocycles. The van der Waals surface area contributed by atoms with Crippen LogP contribution in [0.5, 0.6) is 0 Å². The quantitative estimate of drug-likeness (QED) is 0.535. The van der Waals surface area contributed by atoms with Gasteiger partial charge in [-0.15, -0.1) is 10.2 Å². The van der Waals surface area contributed by atoms with Crippen LogP contribution in [0.25, 0.3) is 11.5 Å². The Kier molecular flexibility index (Phi) is 6.50. The molecule has 0 spiro atoms. The molecule has 2 aromatic heterocycles. The number of nitrogens with zero attached hydrogens (tertiary/aromatic N) is 5. The van der Waals surface area contributed by atoms with E-state index in [2.05, 4.69) is 15.2 Å². The van der Waals surface area contributed by atoms with E-state index in [0.29, 0.717) is 5.69 Å². The number of hydrogen-bond acceptors (Lipinski definition) is 7. The fourth-order valence-electron chi connectivity index (χ4n) is 3.26. The number of anilines is 1. The molecule has 0 radical (unpaired) electrons. The maximum Gasteiger partial charge on any atom is 0.324 e. The number of carbonyl (C=O) groups excluding carboxylic acids is 1. The molecular weight excluding hydrogens is 480 g/mol. The first-order valence-electron chi connectivity index (χ1n) is 9.95. The van der Waals surface area contributed by atoms with Crippen LogP contribution in [0, 0.1) is 16.4 Å². The number of aromatic nitrogens is 3. The fraction of sp³-hybridized carbons (Fsp3) is 0.300. The minimum Gasteiger partial charge on any atom is -0.415 e. The minimum absolute atomic E-state index is 0.0160. The van der Waals surface area contributed by atoms with Gasteiger partial charge in [-0.25, -0.2) is 17.8 Å². The molecule has 0 saturated carbocycles. The van der Waals surface area contributed by atoms with E-state index >= 15 is 0 Å². The van der Waals surface area contributed by atoms with Crippen LogP contribution in [0.2, 0.25) is 0 Å². The van der Waals surface area contributed by atoms with E-state index in [0.717, 1.165) is 12.1 Å². The topological polar surface area (TPSA) is 116 Å². The Bertz CT molecular complexity index is 1290. The van der Waals surface area contributed by atoms with Crippen molar-refractivity contribution in [3.8, 4) is 11.5 Å². The van der Waals surface area contributed by atoms with Gasteiger partial charge in [0, 0.05) is 52.3 Å². The number of carbonyl (C=O) groups is 1. The van der Waals surface area contributed by atoms with Crippen LogP contribution in [0.15, 0.2) is 40.9 Å². The van der Waals surface area contributed by atoms with Crippen LogP contribution in [0.1, 0.15) is 18.0 Å². The third-order valence-electron chi connectivity index (χ3n) is 5.12. The van der Waals surface area contributed by atoms with Crippen LogP contribution in [0.4, 0.5) is 28.0 Å². The molecule has 3 heterocycles. The number of halogens is 4. The highest BCUT2D eigenvalue weighted by Crippen LogP contribution is 2.25. The zero-order valence-electron chi connectivity index (χ0n) is 17.5. The van der Waals surface area contributed by atoms with Crippen molar-refractivity contribution >= 4 is 21.4 Å². The van der Waals surface area contributed by atoms with Gasteiger partial charge in [0.25, 0.3) is 5.89 Å². The molecule has 0 bridgehead atoms. The van der Waals surface area contributed by atoms with Crippen LogP contribution >= 0.6 is 0 Å². The molecule has 1 N–H and O–H groups in total. The smallest absolute Gasteiger partial charge is 0.324 e. The Morgan fingerprint density at radius 3 is 2.47 bits per heavy atom. The molecule has 14 heteroatoms. The van der Waals surface area contributed by atoms with Crippen LogP contribution < -0.4 is 4.90 Å². The van der Waals surface area contributed by atoms with Crippen molar-refractivity contribution in [2.45, 2.75) is 13.0 Å². The van der Waals surface area contributed by atoms with Gasteiger partial charge in [-0.3, -0.25) is 14.7 Å². The molecule has 1 aromatic carbocycles. The summed E-state index contributed by atoms with van der Waals surface area (Å²) in [5.41, 5.74) is 0.692. The molecule has 2 amide bonds. The van der Waals surface area contributed by atoms with Gasteiger partial charge in [0.2, 0.25) is 5.89 Å². The van der Waals surface area contributed by atoms with Crippen molar-refractivity contribution in [2.75, 3.05) is 29.5 Å². The van der Waals surface area contributed by atoms with Crippen LogP contribution in [0.3, 0.4) is 0 Å². The number of amides is 2. The predicted molar refractivity (Wildman–Crippen MR) is 113 cm³/mol. The average Bonchev–Trinajstić information content (AvgIpc) is 3.30. The summed E-state index contributed by atoms with van der Waals surface area (Å²) in [5.74, 6) is -3.17. The zero-order valence-corrected chi connectivity index (χ0v) is 18.3. The summed E-state index contributed by atoms with van der Waals surface area (Å²) in [6, 6.07) is 5.44. The summed E-state index contributed by atoms with van der Waals surface area (Å²) < 4.78 is 77.2. The van der Waals surface area contributed by atoms with Crippen LogP contribution in [-0.2, 0) is 16.3 Å². The lowest BCUT2D eigenvalue weighted by Gasteiger charge is -2.33. The SMILES string of the molecule is N=S1(=O)CCN(C(=O)N(Cc2ccc(-c3nnc(C(F)F)o3)cn2)c2ccc(F)c(F)c2)CC1.